The average molecular weight is 365 g/mol. The molecule has 0 bridgehead atoms. The van der Waals surface area contributed by atoms with Crippen LogP contribution in [0.1, 0.15) is 5.56 Å². The molecule has 0 amide bonds. The van der Waals surface area contributed by atoms with Gasteiger partial charge in [-0.05, 0) is 78.4 Å². The number of rotatable bonds is 5. The van der Waals surface area contributed by atoms with Crippen LogP contribution >= 0.6 is 12.2 Å². The lowest BCUT2D eigenvalue weighted by Crippen LogP contribution is -2.23. The Labute approximate surface area is 156 Å². The molecule has 0 atom stereocenters. The fourth-order valence-corrected chi connectivity index (χ4v) is 2.27. The van der Waals surface area contributed by atoms with E-state index in [1.54, 1.807) is 18.3 Å². The summed E-state index contributed by atoms with van der Waals surface area (Å²) in [4.78, 5) is 0. The summed E-state index contributed by atoms with van der Waals surface area (Å²) in [7, 11) is 0. The van der Waals surface area contributed by atoms with Crippen molar-refractivity contribution < 1.29 is 9.13 Å². The Bertz CT molecular complexity index is 881. The number of nitrogens with zero attached hydrogens (tertiary/aromatic N) is 1. The lowest BCUT2D eigenvalue weighted by Gasteiger charge is -2.07. The minimum Gasteiger partial charge on any atom is -0.457 e. The first-order valence-corrected chi connectivity index (χ1v) is 8.28. The van der Waals surface area contributed by atoms with E-state index in [1.807, 2.05) is 54.6 Å². The number of hydrogen-bond acceptors (Lipinski definition) is 3. The Morgan fingerprint density at radius 3 is 2.23 bits per heavy atom. The topological polar surface area (TPSA) is 45.7 Å². The van der Waals surface area contributed by atoms with Crippen LogP contribution in [0.2, 0.25) is 0 Å². The Morgan fingerprint density at radius 2 is 1.54 bits per heavy atom. The number of anilines is 1. The molecule has 0 aromatic heterocycles. The van der Waals surface area contributed by atoms with Crippen LogP contribution in [0.4, 0.5) is 10.1 Å². The molecule has 0 aliphatic heterocycles. The van der Waals surface area contributed by atoms with Gasteiger partial charge in [-0.25, -0.2) is 4.39 Å². The molecule has 0 saturated carbocycles. The maximum absolute atomic E-state index is 12.9. The average Bonchev–Trinajstić information content (AvgIpc) is 2.66. The highest BCUT2D eigenvalue weighted by Gasteiger charge is 1.98. The zero-order valence-electron chi connectivity index (χ0n) is 13.7. The Balaban J connectivity index is 1.50. The molecule has 3 aromatic carbocycles. The smallest absolute Gasteiger partial charge is 0.191 e. The summed E-state index contributed by atoms with van der Waals surface area (Å²) >= 11 is 5.13. The van der Waals surface area contributed by atoms with E-state index in [2.05, 4.69) is 15.8 Å². The van der Waals surface area contributed by atoms with Gasteiger partial charge in [-0.2, -0.15) is 5.10 Å². The van der Waals surface area contributed by atoms with Crippen molar-refractivity contribution in [3.8, 4) is 11.5 Å². The molecule has 4 nitrogen and oxygen atoms in total. The van der Waals surface area contributed by atoms with E-state index in [0.29, 0.717) is 10.8 Å². The highest BCUT2D eigenvalue weighted by atomic mass is 32.1. The molecule has 2 N–H and O–H groups in total. The van der Waals surface area contributed by atoms with E-state index in [-0.39, 0.29) is 5.82 Å². The maximum atomic E-state index is 12.9. The van der Waals surface area contributed by atoms with Crippen LogP contribution in [0.25, 0.3) is 0 Å². The van der Waals surface area contributed by atoms with E-state index in [4.69, 9.17) is 17.0 Å². The van der Waals surface area contributed by atoms with Crippen LogP contribution in [-0.4, -0.2) is 11.3 Å². The van der Waals surface area contributed by atoms with E-state index < -0.39 is 0 Å². The molecule has 3 rings (SSSR count). The first-order chi connectivity index (χ1) is 12.7. The predicted molar refractivity (Wildman–Crippen MR) is 106 cm³/mol. The summed E-state index contributed by atoms with van der Waals surface area (Å²) < 4.78 is 18.6. The van der Waals surface area contributed by atoms with E-state index >= 15 is 0 Å². The third-order valence-corrected chi connectivity index (χ3v) is 3.53. The molecule has 0 heterocycles. The predicted octanol–water partition coefficient (Wildman–Crippen LogP) is 4.94. The summed E-state index contributed by atoms with van der Waals surface area (Å²) in [6, 6.07) is 23.0. The number of para-hydroxylation sites is 1. The van der Waals surface area contributed by atoms with Gasteiger partial charge in [0.2, 0.25) is 0 Å². The highest BCUT2D eigenvalue weighted by molar-refractivity contribution is 7.80. The van der Waals surface area contributed by atoms with Gasteiger partial charge < -0.3 is 10.1 Å². The van der Waals surface area contributed by atoms with Gasteiger partial charge in [0, 0.05) is 5.69 Å². The fourth-order valence-electron chi connectivity index (χ4n) is 2.10. The molecule has 0 aliphatic carbocycles. The van der Waals surface area contributed by atoms with Gasteiger partial charge in [-0.15, -0.1) is 0 Å². The molecule has 0 saturated heterocycles. The van der Waals surface area contributed by atoms with E-state index in [0.717, 1.165) is 17.1 Å². The van der Waals surface area contributed by atoms with Crippen molar-refractivity contribution in [1.29, 1.82) is 0 Å². The molecular formula is C20H16FN3OS. The van der Waals surface area contributed by atoms with Crippen LogP contribution in [0.15, 0.2) is 84.0 Å². The van der Waals surface area contributed by atoms with Gasteiger partial charge in [-0.1, -0.05) is 18.2 Å². The number of hydrazone groups is 1. The Kier molecular flexibility index (Phi) is 5.90. The van der Waals surface area contributed by atoms with Gasteiger partial charge in [0.05, 0.1) is 6.21 Å². The van der Waals surface area contributed by atoms with Crippen molar-refractivity contribution in [3.63, 3.8) is 0 Å². The molecular weight excluding hydrogens is 349 g/mol. The van der Waals surface area contributed by atoms with Gasteiger partial charge in [-0.3, -0.25) is 5.43 Å². The Morgan fingerprint density at radius 1 is 0.885 bits per heavy atom. The number of halogens is 1. The molecule has 3 aromatic rings. The molecule has 0 spiro atoms. The second-order valence-electron chi connectivity index (χ2n) is 5.32. The molecule has 130 valence electrons. The number of benzene rings is 3. The van der Waals surface area contributed by atoms with Crippen molar-refractivity contribution in [2.45, 2.75) is 0 Å². The summed E-state index contributed by atoms with van der Waals surface area (Å²) in [6.07, 6.45) is 1.64. The SMILES string of the molecule is Fc1ccc(NC(=S)N/N=C/c2ccc(Oc3ccccc3)cc2)cc1. The van der Waals surface area contributed by atoms with Crippen LogP contribution in [0.5, 0.6) is 11.5 Å². The third-order valence-electron chi connectivity index (χ3n) is 3.34. The lowest BCUT2D eigenvalue weighted by atomic mass is 10.2. The number of hydrogen-bond donors (Lipinski definition) is 2. The van der Waals surface area contributed by atoms with Crippen LogP contribution < -0.4 is 15.5 Å². The fraction of sp³-hybridized carbons (Fsp3) is 0. The largest absolute Gasteiger partial charge is 0.457 e. The normalized spacial score (nSPS) is 10.5. The minimum absolute atomic E-state index is 0.299. The number of thiocarbonyl (C=S) groups is 1. The summed E-state index contributed by atoms with van der Waals surface area (Å²) in [5.41, 5.74) is 4.29. The van der Waals surface area contributed by atoms with Crippen molar-refractivity contribution >= 4 is 29.2 Å². The van der Waals surface area contributed by atoms with Crippen molar-refractivity contribution in [3.05, 3.63) is 90.2 Å². The van der Waals surface area contributed by atoms with Crippen LogP contribution in [-0.2, 0) is 0 Å². The first kappa shape index (κ1) is 17.6. The van der Waals surface area contributed by atoms with Gasteiger partial charge >= 0.3 is 0 Å². The second-order valence-corrected chi connectivity index (χ2v) is 5.72. The van der Waals surface area contributed by atoms with Gasteiger partial charge in [0.25, 0.3) is 0 Å². The second kappa shape index (κ2) is 8.73. The van der Waals surface area contributed by atoms with Gasteiger partial charge in [0.1, 0.15) is 17.3 Å². The zero-order chi connectivity index (χ0) is 18.2. The quantitative estimate of drug-likeness (QED) is 0.382. The standard InChI is InChI=1S/C20H16FN3OS/c21-16-8-10-17(11-9-16)23-20(26)24-22-14-15-6-12-19(13-7-15)25-18-4-2-1-3-5-18/h1-14H,(H2,23,24,26)/b22-14+. The van der Waals surface area contributed by atoms with E-state index in [9.17, 15) is 4.39 Å². The van der Waals surface area contributed by atoms with Gasteiger partial charge in [0.15, 0.2) is 5.11 Å². The summed E-state index contributed by atoms with van der Waals surface area (Å²) in [6.45, 7) is 0. The number of ether oxygens (including phenoxy) is 1. The van der Waals surface area contributed by atoms with Crippen LogP contribution in [0.3, 0.4) is 0 Å². The molecule has 0 radical (unpaired) electrons. The zero-order valence-corrected chi connectivity index (χ0v) is 14.5. The van der Waals surface area contributed by atoms with Crippen molar-refractivity contribution in [1.82, 2.24) is 5.43 Å². The molecule has 0 aliphatic rings. The molecule has 0 fully saturated rings. The van der Waals surface area contributed by atoms with Crippen LogP contribution in [0, 0.1) is 5.82 Å². The lowest BCUT2D eigenvalue weighted by molar-refractivity contribution is 0.482. The minimum atomic E-state index is -0.299. The molecule has 6 heteroatoms. The molecule has 0 unspecified atom stereocenters. The molecule has 26 heavy (non-hydrogen) atoms. The van der Waals surface area contributed by atoms with E-state index in [1.165, 1.54) is 12.1 Å². The highest BCUT2D eigenvalue weighted by Crippen LogP contribution is 2.20. The monoisotopic (exact) mass is 365 g/mol. The Hall–Kier alpha value is -3.25. The van der Waals surface area contributed by atoms with Crippen molar-refractivity contribution in [2.75, 3.05) is 5.32 Å². The van der Waals surface area contributed by atoms with Crippen molar-refractivity contribution in [2.24, 2.45) is 5.10 Å². The summed E-state index contributed by atoms with van der Waals surface area (Å²) in [5.74, 6) is 1.23. The third kappa shape index (κ3) is 5.39. The number of nitrogens with one attached hydrogen (secondary N) is 2. The maximum Gasteiger partial charge on any atom is 0.191 e. The first-order valence-electron chi connectivity index (χ1n) is 7.88. The summed E-state index contributed by atoms with van der Waals surface area (Å²) in [5, 5.41) is 7.30.